The number of carboxylic acid groups (broad SMARTS) is 1. The molecule has 4 aromatic rings. The molecular formula is C38H39ClF6N4O3. The van der Waals surface area contributed by atoms with E-state index in [1.54, 1.807) is 18.2 Å². The molecule has 0 unspecified atom stereocenters. The summed E-state index contributed by atoms with van der Waals surface area (Å²) >= 11 is 6.64. The standard InChI is InChI=1S/C36H38ClF3N4O.C2HF3O2/c1-24(25-10-4-2-5-11-25)41-35(45)32-29-14-9-15-31(37)34(29)42-33(26-12-8-13-27(22-26)36(38,39)40)30(32)23-43-20-16-28(17-21-43)44-18-6-3-7-19-44;3-2(4,5)1(6)7/h2,4-5,8-15,22,24,28H,3,6-7,16-21,23H2,1H3,(H,41,45);(H,6,7)/t24-;/m0./s1. The molecule has 0 spiro atoms. The molecule has 0 saturated carbocycles. The number of para-hydroxylation sites is 1. The van der Waals surface area contributed by atoms with E-state index in [2.05, 4.69) is 15.1 Å². The lowest BCUT2D eigenvalue weighted by molar-refractivity contribution is -0.192. The quantitative estimate of drug-likeness (QED) is 0.184. The first-order valence-corrected chi connectivity index (χ1v) is 17.4. The molecule has 2 aliphatic rings. The summed E-state index contributed by atoms with van der Waals surface area (Å²) in [4.78, 5) is 33.0. The van der Waals surface area contributed by atoms with Crippen LogP contribution < -0.4 is 5.32 Å². The van der Waals surface area contributed by atoms with Crippen molar-refractivity contribution in [3.8, 4) is 11.3 Å². The molecule has 52 heavy (non-hydrogen) atoms. The van der Waals surface area contributed by atoms with Crippen LogP contribution in [0.25, 0.3) is 22.2 Å². The number of benzene rings is 3. The first-order valence-electron chi connectivity index (χ1n) is 17.0. The fraction of sp³-hybridized carbons (Fsp3) is 0.395. The minimum atomic E-state index is -5.08. The molecule has 1 atom stereocenters. The van der Waals surface area contributed by atoms with Crippen molar-refractivity contribution >= 4 is 34.4 Å². The molecule has 278 valence electrons. The van der Waals surface area contributed by atoms with Crippen LogP contribution in [0.15, 0.2) is 72.8 Å². The number of pyridine rings is 1. The van der Waals surface area contributed by atoms with Crippen LogP contribution in [0, 0.1) is 0 Å². The topological polar surface area (TPSA) is 85.8 Å². The summed E-state index contributed by atoms with van der Waals surface area (Å²) in [6, 6.07) is 20.4. The average Bonchev–Trinajstić information content (AvgIpc) is 3.12. The Morgan fingerprint density at radius 1 is 0.904 bits per heavy atom. The minimum Gasteiger partial charge on any atom is -0.475 e. The predicted octanol–water partition coefficient (Wildman–Crippen LogP) is 9.15. The van der Waals surface area contributed by atoms with E-state index < -0.39 is 23.9 Å². The van der Waals surface area contributed by atoms with Gasteiger partial charge in [0.1, 0.15) is 0 Å². The Hall–Kier alpha value is -4.20. The SMILES string of the molecule is C[C@H](NC(=O)c1c(CN2CCC(N3CCCCC3)CC2)c(-c2cccc(C(F)(F)F)c2)nc2c(Cl)cccc12)c1ccccc1.O=C(O)C(F)(F)F. The lowest BCUT2D eigenvalue weighted by atomic mass is 9.93. The number of hydrogen-bond acceptors (Lipinski definition) is 5. The zero-order valence-electron chi connectivity index (χ0n) is 28.4. The van der Waals surface area contributed by atoms with Crippen molar-refractivity contribution in [1.82, 2.24) is 20.1 Å². The van der Waals surface area contributed by atoms with Gasteiger partial charge in [0.2, 0.25) is 0 Å². The third kappa shape index (κ3) is 9.61. The number of halogens is 7. The van der Waals surface area contributed by atoms with Gasteiger partial charge in [0.15, 0.2) is 0 Å². The molecule has 0 radical (unpaired) electrons. The molecule has 3 aromatic carbocycles. The normalized spacial score (nSPS) is 16.9. The number of nitrogens with one attached hydrogen (secondary N) is 1. The highest BCUT2D eigenvalue weighted by atomic mass is 35.5. The Morgan fingerprint density at radius 3 is 2.15 bits per heavy atom. The first-order chi connectivity index (χ1) is 24.6. The van der Waals surface area contributed by atoms with Gasteiger partial charge in [-0.1, -0.05) is 72.6 Å². The number of aromatic nitrogens is 1. The van der Waals surface area contributed by atoms with Gasteiger partial charge in [0.05, 0.1) is 33.4 Å². The summed E-state index contributed by atoms with van der Waals surface area (Å²) in [5.74, 6) is -3.07. The van der Waals surface area contributed by atoms with Crippen LogP contribution in [0.1, 0.15) is 72.1 Å². The van der Waals surface area contributed by atoms with Crippen LogP contribution in [-0.2, 0) is 17.5 Å². The molecule has 2 aliphatic heterocycles. The third-order valence-corrected chi connectivity index (χ3v) is 9.80. The summed E-state index contributed by atoms with van der Waals surface area (Å²) in [5.41, 5.74) is 2.22. The number of carboxylic acids is 1. The van der Waals surface area contributed by atoms with Gasteiger partial charge >= 0.3 is 18.3 Å². The number of hydrogen-bond donors (Lipinski definition) is 2. The minimum absolute atomic E-state index is 0.300. The molecule has 3 heterocycles. The molecule has 2 fully saturated rings. The highest BCUT2D eigenvalue weighted by Crippen LogP contribution is 2.38. The van der Waals surface area contributed by atoms with Crippen LogP contribution in [0.5, 0.6) is 0 Å². The van der Waals surface area contributed by atoms with E-state index >= 15 is 0 Å². The Balaban J connectivity index is 0.000000679. The van der Waals surface area contributed by atoms with Crippen molar-refractivity contribution in [3.05, 3.63) is 100 Å². The highest BCUT2D eigenvalue weighted by Gasteiger charge is 2.38. The van der Waals surface area contributed by atoms with Crippen LogP contribution in [-0.4, -0.2) is 70.2 Å². The van der Waals surface area contributed by atoms with Gasteiger partial charge in [-0.2, -0.15) is 26.3 Å². The zero-order chi connectivity index (χ0) is 37.6. The summed E-state index contributed by atoms with van der Waals surface area (Å²) in [5, 5.41) is 11.2. The van der Waals surface area contributed by atoms with Gasteiger partial charge in [-0.25, -0.2) is 9.78 Å². The third-order valence-electron chi connectivity index (χ3n) is 9.49. The van der Waals surface area contributed by atoms with Gasteiger partial charge in [-0.15, -0.1) is 0 Å². The average molecular weight is 749 g/mol. The largest absolute Gasteiger partial charge is 0.490 e. The first kappa shape index (κ1) is 39.0. The monoisotopic (exact) mass is 748 g/mol. The van der Waals surface area contributed by atoms with Gasteiger partial charge in [0, 0.05) is 29.1 Å². The highest BCUT2D eigenvalue weighted by molar-refractivity contribution is 6.35. The van der Waals surface area contributed by atoms with Crippen molar-refractivity contribution < 1.29 is 41.0 Å². The Kier molecular flexibility index (Phi) is 12.5. The van der Waals surface area contributed by atoms with E-state index in [1.807, 2.05) is 43.3 Å². The number of rotatable bonds is 7. The number of likely N-dealkylation sites (tertiary alicyclic amines) is 2. The number of carbonyl (C=O) groups excluding carboxylic acids is 1. The molecule has 2 N–H and O–H groups in total. The summed E-state index contributed by atoms with van der Waals surface area (Å²) in [6.07, 6.45) is -3.80. The maximum absolute atomic E-state index is 14.3. The van der Waals surface area contributed by atoms with Gasteiger partial charge in [-0.05, 0) is 82.5 Å². The second-order valence-electron chi connectivity index (χ2n) is 13.0. The summed E-state index contributed by atoms with van der Waals surface area (Å²) in [7, 11) is 0. The Morgan fingerprint density at radius 2 is 1.54 bits per heavy atom. The van der Waals surface area contributed by atoms with Crippen molar-refractivity contribution in [2.45, 2.75) is 70.0 Å². The van der Waals surface area contributed by atoms with E-state index in [0.717, 1.165) is 56.7 Å². The lowest BCUT2D eigenvalue weighted by Gasteiger charge is -2.40. The maximum atomic E-state index is 14.3. The van der Waals surface area contributed by atoms with E-state index in [0.29, 0.717) is 50.9 Å². The van der Waals surface area contributed by atoms with Crippen molar-refractivity contribution in [2.75, 3.05) is 26.2 Å². The molecule has 0 aliphatic carbocycles. The van der Waals surface area contributed by atoms with Crippen LogP contribution in [0.3, 0.4) is 0 Å². The fourth-order valence-corrected chi connectivity index (χ4v) is 7.05. The van der Waals surface area contributed by atoms with Crippen LogP contribution in [0.4, 0.5) is 26.3 Å². The number of carbonyl (C=O) groups is 2. The summed E-state index contributed by atoms with van der Waals surface area (Å²) < 4.78 is 73.3. The smallest absolute Gasteiger partial charge is 0.475 e. The fourth-order valence-electron chi connectivity index (χ4n) is 6.83. The molecule has 6 rings (SSSR count). The molecule has 7 nitrogen and oxygen atoms in total. The molecular weight excluding hydrogens is 710 g/mol. The molecule has 0 bridgehead atoms. The predicted molar refractivity (Wildman–Crippen MR) is 187 cm³/mol. The number of amides is 1. The molecule has 1 amide bonds. The second kappa shape index (κ2) is 16.6. The number of aliphatic carboxylic acids is 1. The van der Waals surface area contributed by atoms with Crippen molar-refractivity contribution in [3.63, 3.8) is 0 Å². The number of piperidine rings is 2. The summed E-state index contributed by atoms with van der Waals surface area (Å²) in [6.45, 7) is 6.25. The van der Waals surface area contributed by atoms with Crippen molar-refractivity contribution in [1.29, 1.82) is 0 Å². The van der Waals surface area contributed by atoms with Crippen LogP contribution >= 0.6 is 11.6 Å². The van der Waals surface area contributed by atoms with E-state index in [-0.39, 0.29) is 11.9 Å². The number of fused-ring (bicyclic) bond motifs is 1. The molecule has 2 saturated heterocycles. The Bertz CT molecular complexity index is 1860. The van der Waals surface area contributed by atoms with E-state index in [4.69, 9.17) is 26.5 Å². The van der Waals surface area contributed by atoms with Gasteiger partial charge < -0.3 is 15.3 Å². The number of nitrogens with zero attached hydrogens (tertiary/aromatic N) is 3. The van der Waals surface area contributed by atoms with E-state index in [9.17, 15) is 31.1 Å². The molecule has 1 aromatic heterocycles. The van der Waals surface area contributed by atoms with E-state index in [1.165, 1.54) is 25.3 Å². The second-order valence-corrected chi connectivity index (χ2v) is 13.4. The van der Waals surface area contributed by atoms with Crippen LogP contribution in [0.2, 0.25) is 5.02 Å². The zero-order valence-corrected chi connectivity index (χ0v) is 29.2. The van der Waals surface area contributed by atoms with Crippen molar-refractivity contribution in [2.24, 2.45) is 0 Å². The Labute approximate surface area is 302 Å². The maximum Gasteiger partial charge on any atom is 0.490 e. The lowest BCUT2D eigenvalue weighted by Crippen LogP contribution is -2.46. The van der Waals surface area contributed by atoms with Gasteiger partial charge in [0.25, 0.3) is 5.91 Å². The van der Waals surface area contributed by atoms with Gasteiger partial charge in [-0.3, -0.25) is 9.69 Å². The molecule has 14 heteroatoms. The number of alkyl halides is 6.